The molecule has 2 rings (SSSR count). The van der Waals surface area contributed by atoms with Gasteiger partial charge in [0, 0.05) is 5.56 Å². The number of rotatable bonds is 8. The molecular formula is C19H19F2NO6S. The van der Waals surface area contributed by atoms with E-state index in [1.807, 2.05) is 0 Å². The van der Waals surface area contributed by atoms with Gasteiger partial charge in [0.1, 0.15) is 15.6 Å². The van der Waals surface area contributed by atoms with Gasteiger partial charge in [0.15, 0.2) is 0 Å². The van der Waals surface area contributed by atoms with Crippen LogP contribution in [0.4, 0.5) is 13.8 Å². The molecule has 1 heterocycles. The molecule has 1 aromatic carbocycles. The van der Waals surface area contributed by atoms with Crippen LogP contribution in [-0.4, -0.2) is 37.7 Å². The lowest BCUT2D eigenvalue weighted by molar-refractivity contribution is -0.0498. The molecule has 1 amide bonds. The average Bonchev–Trinajstić information content (AvgIpc) is 2.98. The highest BCUT2D eigenvalue weighted by atomic mass is 32.1. The van der Waals surface area contributed by atoms with Gasteiger partial charge in [-0.1, -0.05) is 0 Å². The minimum Gasteiger partial charge on any atom is -0.462 e. The van der Waals surface area contributed by atoms with E-state index in [4.69, 9.17) is 9.47 Å². The second-order valence-corrected chi connectivity index (χ2v) is 6.58. The van der Waals surface area contributed by atoms with E-state index in [0.717, 1.165) is 11.3 Å². The van der Waals surface area contributed by atoms with Gasteiger partial charge in [-0.05, 0) is 50.6 Å². The van der Waals surface area contributed by atoms with Crippen molar-refractivity contribution < 1.29 is 37.4 Å². The Morgan fingerprint density at radius 2 is 1.62 bits per heavy atom. The summed E-state index contributed by atoms with van der Waals surface area (Å²) in [6, 6.07) is 5.03. The standard InChI is InChI=1S/C19H19F2NO6S/c1-4-26-17(24)13-10(3)14(18(25)27-5-2)29-16(13)22-15(23)11-6-8-12(9-7-11)28-19(20)21/h6-9,19H,4-5H2,1-3H3,(H,22,23). The zero-order valence-corrected chi connectivity index (χ0v) is 16.7. The Kier molecular flexibility index (Phi) is 7.66. The third kappa shape index (κ3) is 5.50. The maximum atomic E-state index is 12.5. The molecule has 29 heavy (non-hydrogen) atoms. The molecule has 0 aliphatic carbocycles. The van der Waals surface area contributed by atoms with Crippen LogP contribution in [0, 0.1) is 6.92 Å². The summed E-state index contributed by atoms with van der Waals surface area (Å²) < 4.78 is 38.7. The molecule has 0 fully saturated rings. The van der Waals surface area contributed by atoms with Crippen molar-refractivity contribution in [2.24, 2.45) is 0 Å². The number of alkyl halides is 2. The molecule has 10 heteroatoms. The first-order valence-corrected chi connectivity index (χ1v) is 9.43. The predicted octanol–water partition coefficient (Wildman–Crippen LogP) is 4.26. The zero-order chi connectivity index (χ0) is 21.6. The second kappa shape index (κ2) is 9.97. The topological polar surface area (TPSA) is 90.9 Å². The highest BCUT2D eigenvalue weighted by molar-refractivity contribution is 7.18. The summed E-state index contributed by atoms with van der Waals surface area (Å²) in [5, 5.41) is 2.69. The number of benzene rings is 1. The molecule has 7 nitrogen and oxygen atoms in total. The summed E-state index contributed by atoms with van der Waals surface area (Å²) in [4.78, 5) is 37.2. The van der Waals surface area contributed by atoms with Gasteiger partial charge in [0.25, 0.3) is 5.91 Å². The van der Waals surface area contributed by atoms with Crippen LogP contribution >= 0.6 is 11.3 Å². The van der Waals surface area contributed by atoms with Crippen LogP contribution in [0.5, 0.6) is 5.75 Å². The largest absolute Gasteiger partial charge is 0.462 e. The van der Waals surface area contributed by atoms with E-state index in [0.29, 0.717) is 5.56 Å². The number of halogens is 2. The summed E-state index contributed by atoms with van der Waals surface area (Å²) >= 11 is 0.892. The van der Waals surface area contributed by atoms with E-state index in [9.17, 15) is 23.2 Å². The first kappa shape index (κ1) is 22.3. The molecule has 0 atom stereocenters. The van der Waals surface area contributed by atoms with E-state index >= 15 is 0 Å². The number of ether oxygens (including phenoxy) is 3. The maximum absolute atomic E-state index is 12.5. The lowest BCUT2D eigenvalue weighted by Gasteiger charge is -2.08. The number of thiophene rings is 1. The molecule has 0 saturated heterocycles. The monoisotopic (exact) mass is 427 g/mol. The Hall–Kier alpha value is -3.01. The molecular weight excluding hydrogens is 408 g/mol. The number of amides is 1. The van der Waals surface area contributed by atoms with Gasteiger partial charge in [0.05, 0.1) is 18.8 Å². The fraction of sp³-hybridized carbons (Fsp3) is 0.316. The van der Waals surface area contributed by atoms with Gasteiger partial charge in [-0.2, -0.15) is 8.78 Å². The van der Waals surface area contributed by atoms with E-state index in [1.54, 1.807) is 20.8 Å². The van der Waals surface area contributed by atoms with Gasteiger partial charge < -0.3 is 19.5 Å². The molecule has 1 N–H and O–H groups in total. The van der Waals surface area contributed by atoms with E-state index in [-0.39, 0.29) is 40.0 Å². The third-order valence-electron chi connectivity index (χ3n) is 3.66. The molecule has 0 radical (unpaired) electrons. The van der Waals surface area contributed by atoms with Crippen molar-refractivity contribution in [3.05, 3.63) is 45.8 Å². The van der Waals surface area contributed by atoms with Crippen LogP contribution in [0.15, 0.2) is 24.3 Å². The fourth-order valence-electron chi connectivity index (χ4n) is 2.40. The summed E-state index contributed by atoms with van der Waals surface area (Å²) in [5.41, 5.74) is 0.541. The number of hydrogen-bond acceptors (Lipinski definition) is 7. The third-order valence-corrected chi connectivity index (χ3v) is 4.84. The molecule has 1 aromatic heterocycles. The lowest BCUT2D eigenvalue weighted by Crippen LogP contribution is -2.15. The van der Waals surface area contributed by atoms with Crippen molar-refractivity contribution in [1.29, 1.82) is 0 Å². The molecule has 0 bridgehead atoms. The molecule has 0 saturated carbocycles. The Bertz CT molecular complexity index is 895. The number of carbonyl (C=O) groups excluding carboxylic acids is 3. The normalized spacial score (nSPS) is 10.6. The minimum absolute atomic E-state index is 0.0610. The van der Waals surface area contributed by atoms with E-state index < -0.39 is 24.5 Å². The number of anilines is 1. The fourth-order valence-corrected chi connectivity index (χ4v) is 3.49. The van der Waals surface area contributed by atoms with E-state index in [2.05, 4.69) is 10.1 Å². The minimum atomic E-state index is -2.97. The van der Waals surface area contributed by atoms with Crippen LogP contribution in [0.25, 0.3) is 0 Å². The van der Waals surface area contributed by atoms with Crippen LogP contribution in [0.1, 0.15) is 49.8 Å². The summed E-state index contributed by atoms with van der Waals surface area (Å²) in [6.45, 7) is 2.13. The number of hydrogen-bond donors (Lipinski definition) is 1. The molecule has 0 aliphatic heterocycles. The first-order chi connectivity index (χ1) is 13.8. The summed E-state index contributed by atoms with van der Waals surface area (Å²) in [7, 11) is 0. The van der Waals surface area contributed by atoms with Crippen LogP contribution in [0.2, 0.25) is 0 Å². The molecule has 156 valence electrons. The van der Waals surface area contributed by atoms with Crippen molar-refractivity contribution in [3.63, 3.8) is 0 Å². The summed E-state index contributed by atoms with van der Waals surface area (Å²) in [5.74, 6) is -2.00. The Morgan fingerprint density at radius 3 is 2.17 bits per heavy atom. The Balaban J connectivity index is 2.32. The first-order valence-electron chi connectivity index (χ1n) is 8.62. The SMILES string of the molecule is CCOC(=O)c1sc(NC(=O)c2ccc(OC(F)F)cc2)c(C(=O)OCC)c1C. The van der Waals surface area contributed by atoms with E-state index in [1.165, 1.54) is 24.3 Å². The van der Waals surface area contributed by atoms with Crippen LogP contribution in [0.3, 0.4) is 0 Å². The highest BCUT2D eigenvalue weighted by Gasteiger charge is 2.27. The van der Waals surface area contributed by atoms with Gasteiger partial charge in [0.2, 0.25) is 0 Å². The van der Waals surface area contributed by atoms with Crippen molar-refractivity contribution in [3.8, 4) is 5.75 Å². The van der Waals surface area contributed by atoms with Crippen molar-refractivity contribution >= 4 is 34.2 Å². The molecule has 0 unspecified atom stereocenters. The van der Waals surface area contributed by atoms with Gasteiger partial charge >= 0.3 is 18.6 Å². The average molecular weight is 427 g/mol. The Morgan fingerprint density at radius 1 is 1.03 bits per heavy atom. The Labute approximate surface area is 169 Å². The van der Waals surface area contributed by atoms with Crippen molar-refractivity contribution in [2.45, 2.75) is 27.4 Å². The number of carbonyl (C=O) groups is 3. The van der Waals surface area contributed by atoms with Gasteiger partial charge in [-0.25, -0.2) is 9.59 Å². The lowest BCUT2D eigenvalue weighted by atomic mass is 10.1. The second-order valence-electron chi connectivity index (χ2n) is 5.56. The predicted molar refractivity (Wildman–Crippen MR) is 102 cm³/mol. The van der Waals surface area contributed by atoms with Crippen molar-refractivity contribution in [1.82, 2.24) is 0 Å². The molecule has 2 aromatic rings. The maximum Gasteiger partial charge on any atom is 0.387 e. The molecule has 0 aliphatic rings. The van der Waals surface area contributed by atoms with Gasteiger partial charge in [-0.15, -0.1) is 11.3 Å². The number of nitrogens with one attached hydrogen (secondary N) is 1. The molecule has 0 spiro atoms. The number of esters is 2. The summed E-state index contributed by atoms with van der Waals surface area (Å²) in [6.07, 6.45) is 0. The zero-order valence-electron chi connectivity index (χ0n) is 15.9. The quantitative estimate of drug-likeness (QED) is 0.633. The van der Waals surface area contributed by atoms with Crippen LogP contribution in [-0.2, 0) is 9.47 Å². The van der Waals surface area contributed by atoms with Crippen LogP contribution < -0.4 is 10.1 Å². The highest BCUT2D eigenvalue weighted by Crippen LogP contribution is 2.34. The van der Waals surface area contributed by atoms with Crippen molar-refractivity contribution in [2.75, 3.05) is 18.5 Å². The van der Waals surface area contributed by atoms with Gasteiger partial charge in [-0.3, -0.25) is 4.79 Å². The smallest absolute Gasteiger partial charge is 0.387 e.